The Balaban J connectivity index is 2.65. The predicted octanol–water partition coefficient (Wildman–Crippen LogP) is 2.40. The van der Waals surface area contributed by atoms with Gasteiger partial charge in [0.05, 0.1) is 5.92 Å². The van der Waals surface area contributed by atoms with E-state index in [4.69, 9.17) is 0 Å². The van der Waals surface area contributed by atoms with Gasteiger partial charge in [0.1, 0.15) is 5.65 Å². The Labute approximate surface area is 99.9 Å². The molecule has 0 aliphatic rings. The van der Waals surface area contributed by atoms with E-state index in [0.717, 1.165) is 16.6 Å². The van der Waals surface area contributed by atoms with Crippen LogP contribution in [0.4, 0.5) is 0 Å². The molecule has 2 heterocycles. The van der Waals surface area contributed by atoms with Crippen molar-refractivity contribution in [2.75, 3.05) is 0 Å². The number of aromatic nitrogens is 2. The normalized spacial score (nSPS) is 13.2. The summed E-state index contributed by atoms with van der Waals surface area (Å²) in [6.45, 7) is 3.85. The number of nitrogens with zero attached hydrogens (tertiary/aromatic N) is 2. The Kier molecular flexibility index (Phi) is 2.88. The van der Waals surface area contributed by atoms with Gasteiger partial charge in [0.2, 0.25) is 0 Å². The molecular weight excluding hydrogens is 216 g/mol. The highest BCUT2D eigenvalue weighted by Crippen LogP contribution is 2.31. The maximum Gasteiger partial charge on any atom is 0.311 e. The van der Waals surface area contributed by atoms with Crippen molar-refractivity contribution in [3.63, 3.8) is 0 Å². The lowest BCUT2D eigenvalue weighted by molar-refractivity contribution is -0.139. The smallest absolute Gasteiger partial charge is 0.311 e. The molecule has 90 valence electrons. The molecule has 0 saturated heterocycles. The van der Waals surface area contributed by atoms with Crippen LogP contribution in [0.1, 0.15) is 25.3 Å². The van der Waals surface area contributed by atoms with E-state index in [1.54, 1.807) is 6.20 Å². The number of fused-ring (bicyclic) bond motifs is 1. The lowest BCUT2D eigenvalue weighted by Crippen LogP contribution is -2.17. The monoisotopic (exact) mass is 232 g/mol. The van der Waals surface area contributed by atoms with Crippen LogP contribution in [0.2, 0.25) is 0 Å². The van der Waals surface area contributed by atoms with Crippen LogP contribution in [-0.4, -0.2) is 20.6 Å². The molecule has 1 unspecified atom stereocenters. The lowest BCUT2D eigenvalue weighted by atomic mass is 9.89. The van der Waals surface area contributed by atoms with Crippen LogP contribution in [-0.2, 0) is 11.8 Å². The van der Waals surface area contributed by atoms with Gasteiger partial charge in [0.25, 0.3) is 0 Å². The third-order valence-corrected chi connectivity index (χ3v) is 3.03. The Morgan fingerprint density at radius 3 is 2.76 bits per heavy atom. The van der Waals surface area contributed by atoms with Crippen LogP contribution in [0.15, 0.2) is 24.5 Å². The number of aryl methyl sites for hydroxylation is 1. The van der Waals surface area contributed by atoms with Gasteiger partial charge in [-0.3, -0.25) is 4.79 Å². The first-order valence-electron chi connectivity index (χ1n) is 5.65. The summed E-state index contributed by atoms with van der Waals surface area (Å²) in [4.78, 5) is 15.6. The number of rotatable bonds is 3. The average molecular weight is 232 g/mol. The van der Waals surface area contributed by atoms with Crippen molar-refractivity contribution in [2.45, 2.75) is 19.8 Å². The molecule has 0 aliphatic carbocycles. The summed E-state index contributed by atoms with van der Waals surface area (Å²) < 4.78 is 1.88. The summed E-state index contributed by atoms with van der Waals surface area (Å²) >= 11 is 0. The number of carboxylic acid groups (broad SMARTS) is 1. The van der Waals surface area contributed by atoms with E-state index in [1.807, 2.05) is 43.8 Å². The number of pyridine rings is 1. The molecule has 1 N–H and O–H groups in total. The van der Waals surface area contributed by atoms with Crippen LogP contribution in [0, 0.1) is 5.92 Å². The van der Waals surface area contributed by atoms with E-state index in [0.29, 0.717) is 0 Å². The molecule has 0 saturated carbocycles. The second kappa shape index (κ2) is 4.20. The summed E-state index contributed by atoms with van der Waals surface area (Å²) in [5.41, 5.74) is 1.67. The molecule has 0 aromatic carbocycles. The molecule has 4 nitrogen and oxygen atoms in total. The minimum atomic E-state index is -0.781. The van der Waals surface area contributed by atoms with E-state index in [1.165, 1.54) is 0 Å². The quantitative estimate of drug-likeness (QED) is 0.884. The second-order valence-corrected chi connectivity index (χ2v) is 4.63. The van der Waals surface area contributed by atoms with Crippen LogP contribution in [0.5, 0.6) is 0 Å². The van der Waals surface area contributed by atoms with Crippen molar-refractivity contribution in [3.05, 3.63) is 30.1 Å². The van der Waals surface area contributed by atoms with Gasteiger partial charge in [-0.2, -0.15) is 0 Å². The molecule has 0 amide bonds. The zero-order valence-electron chi connectivity index (χ0n) is 10.2. The number of hydrogen-bond acceptors (Lipinski definition) is 2. The third-order valence-electron chi connectivity index (χ3n) is 3.03. The fourth-order valence-corrected chi connectivity index (χ4v) is 2.27. The van der Waals surface area contributed by atoms with Crippen LogP contribution >= 0.6 is 0 Å². The van der Waals surface area contributed by atoms with Gasteiger partial charge in [0, 0.05) is 24.8 Å². The maximum atomic E-state index is 11.4. The molecule has 0 spiro atoms. The number of carboxylic acids is 1. The van der Waals surface area contributed by atoms with Gasteiger partial charge in [-0.1, -0.05) is 13.8 Å². The molecule has 0 radical (unpaired) electrons. The molecule has 2 aromatic rings. The third kappa shape index (κ3) is 1.90. The Morgan fingerprint density at radius 1 is 1.47 bits per heavy atom. The Hall–Kier alpha value is -1.84. The molecular formula is C13H16N2O2. The highest BCUT2D eigenvalue weighted by Gasteiger charge is 2.27. The minimum absolute atomic E-state index is 0.0540. The number of carbonyl (C=O) groups is 1. The summed E-state index contributed by atoms with van der Waals surface area (Å²) in [6.07, 6.45) is 3.59. The largest absolute Gasteiger partial charge is 0.481 e. The van der Waals surface area contributed by atoms with Crippen molar-refractivity contribution in [1.82, 2.24) is 9.55 Å². The van der Waals surface area contributed by atoms with Crippen LogP contribution in [0.25, 0.3) is 11.0 Å². The maximum absolute atomic E-state index is 11.4. The topological polar surface area (TPSA) is 55.1 Å². The van der Waals surface area contributed by atoms with Crippen molar-refractivity contribution in [2.24, 2.45) is 13.0 Å². The fraction of sp³-hybridized carbons (Fsp3) is 0.385. The number of hydrogen-bond donors (Lipinski definition) is 1. The highest BCUT2D eigenvalue weighted by atomic mass is 16.4. The summed E-state index contributed by atoms with van der Waals surface area (Å²) in [6, 6.07) is 3.76. The zero-order chi connectivity index (χ0) is 12.6. The van der Waals surface area contributed by atoms with Gasteiger partial charge < -0.3 is 9.67 Å². The molecule has 0 aliphatic heterocycles. The van der Waals surface area contributed by atoms with E-state index >= 15 is 0 Å². The van der Waals surface area contributed by atoms with E-state index in [2.05, 4.69) is 4.98 Å². The van der Waals surface area contributed by atoms with Crippen molar-refractivity contribution in [3.8, 4) is 0 Å². The predicted molar refractivity (Wildman–Crippen MR) is 65.9 cm³/mol. The van der Waals surface area contributed by atoms with Gasteiger partial charge in [-0.15, -0.1) is 0 Å². The van der Waals surface area contributed by atoms with E-state index in [9.17, 15) is 9.90 Å². The summed E-state index contributed by atoms with van der Waals surface area (Å²) in [5.74, 6) is -1.21. The molecule has 2 aromatic heterocycles. The lowest BCUT2D eigenvalue weighted by Gasteiger charge is -2.15. The molecule has 4 heteroatoms. The molecule has 0 bridgehead atoms. The Morgan fingerprint density at radius 2 is 2.18 bits per heavy atom. The van der Waals surface area contributed by atoms with Crippen molar-refractivity contribution in [1.29, 1.82) is 0 Å². The first kappa shape index (κ1) is 11.6. The SMILES string of the molecule is CC(C)C(C(=O)O)c1cn(C)c2ncccc12. The fourth-order valence-electron chi connectivity index (χ4n) is 2.27. The van der Waals surface area contributed by atoms with Gasteiger partial charge >= 0.3 is 5.97 Å². The van der Waals surface area contributed by atoms with Crippen molar-refractivity contribution >= 4 is 17.0 Å². The number of aliphatic carboxylic acids is 1. The minimum Gasteiger partial charge on any atom is -0.481 e. The molecule has 17 heavy (non-hydrogen) atoms. The molecule has 1 atom stereocenters. The van der Waals surface area contributed by atoms with Crippen molar-refractivity contribution < 1.29 is 9.90 Å². The van der Waals surface area contributed by atoms with Gasteiger partial charge in [0.15, 0.2) is 0 Å². The van der Waals surface area contributed by atoms with Crippen LogP contribution in [0.3, 0.4) is 0 Å². The molecule has 2 rings (SSSR count). The Bertz CT molecular complexity index is 558. The highest BCUT2D eigenvalue weighted by molar-refractivity contribution is 5.88. The second-order valence-electron chi connectivity index (χ2n) is 4.63. The summed E-state index contributed by atoms with van der Waals surface area (Å²) in [7, 11) is 1.89. The van der Waals surface area contributed by atoms with E-state index < -0.39 is 11.9 Å². The standard InChI is InChI=1S/C13H16N2O2/c1-8(2)11(13(16)17)10-7-15(3)12-9(10)5-4-6-14-12/h4-8,11H,1-3H3,(H,16,17). The van der Waals surface area contributed by atoms with E-state index in [-0.39, 0.29) is 5.92 Å². The van der Waals surface area contributed by atoms with Gasteiger partial charge in [-0.05, 0) is 23.6 Å². The first-order chi connectivity index (χ1) is 8.02. The molecule has 0 fully saturated rings. The summed E-state index contributed by atoms with van der Waals surface area (Å²) in [5, 5.41) is 10.3. The first-order valence-corrected chi connectivity index (χ1v) is 5.65. The van der Waals surface area contributed by atoms with Gasteiger partial charge in [-0.25, -0.2) is 4.98 Å². The average Bonchev–Trinajstić information content (AvgIpc) is 2.56. The zero-order valence-corrected chi connectivity index (χ0v) is 10.2. The van der Waals surface area contributed by atoms with Crippen LogP contribution < -0.4 is 0 Å².